The van der Waals surface area contributed by atoms with Gasteiger partial charge >= 0.3 is 5.97 Å². The fourth-order valence-corrected chi connectivity index (χ4v) is 3.58. The normalized spacial score (nSPS) is 10.7. The first kappa shape index (κ1) is 23.1. The first-order valence-corrected chi connectivity index (χ1v) is 10.7. The third-order valence-electron chi connectivity index (χ3n) is 5.41. The molecule has 3 aromatic rings. The van der Waals surface area contributed by atoms with Crippen molar-refractivity contribution in [3.8, 4) is 0 Å². The number of carbonyl (C=O) groups is 3. The van der Waals surface area contributed by atoms with Crippen LogP contribution in [0, 0.1) is 13.8 Å². The highest BCUT2D eigenvalue weighted by Gasteiger charge is 2.16. The van der Waals surface area contributed by atoms with Crippen LogP contribution in [-0.2, 0) is 25.5 Å². The number of H-pyrrole nitrogens is 1. The zero-order chi connectivity index (χ0) is 23.1. The average Bonchev–Trinajstić information content (AvgIpc) is 3.18. The summed E-state index contributed by atoms with van der Waals surface area (Å²) in [4.78, 5) is 41.0. The molecule has 2 amide bonds. The fourth-order valence-electron chi connectivity index (χ4n) is 3.58. The quantitative estimate of drug-likeness (QED) is 0.501. The van der Waals surface area contributed by atoms with Gasteiger partial charge in [-0.05, 0) is 49.4 Å². The number of para-hydroxylation sites is 2. The molecule has 0 saturated heterocycles. The van der Waals surface area contributed by atoms with E-state index in [1.807, 2.05) is 62.5 Å². The molecule has 0 radical (unpaired) electrons. The maximum atomic E-state index is 12.3. The molecule has 2 aromatic carbocycles. The van der Waals surface area contributed by atoms with Crippen molar-refractivity contribution >= 4 is 34.4 Å². The maximum Gasteiger partial charge on any atom is 0.306 e. The summed E-state index contributed by atoms with van der Waals surface area (Å²) in [6.07, 6.45) is 3.55. The summed E-state index contributed by atoms with van der Waals surface area (Å²) < 4.78 is 5.10. The van der Waals surface area contributed by atoms with Gasteiger partial charge in [0, 0.05) is 36.3 Å². The van der Waals surface area contributed by atoms with Crippen molar-refractivity contribution in [2.75, 3.05) is 25.5 Å². The van der Waals surface area contributed by atoms with E-state index in [0.29, 0.717) is 6.42 Å². The van der Waals surface area contributed by atoms with E-state index in [2.05, 4.69) is 10.3 Å². The van der Waals surface area contributed by atoms with Crippen LogP contribution in [0.2, 0.25) is 0 Å². The van der Waals surface area contributed by atoms with Crippen LogP contribution < -0.4 is 5.32 Å². The lowest BCUT2D eigenvalue weighted by molar-refractivity contribution is -0.151. The largest absolute Gasteiger partial charge is 0.456 e. The van der Waals surface area contributed by atoms with Gasteiger partial charge in [-0.1, -0.05) is 36.4 Å². The molecule has 1 aromatic heterocycles. The van der Waals surface area contributed by atoms with E-state index in [0.717, 1.165) is 39.7 Å². The monoisotopic (exact) mass is 435 g/mol. The molecular weight excluding hydrogens is 406 g/mol. The molecule has 7 nitrogen and oxygen atoms in total. The van der Waals surface area contributed by atoms with Crippen LogP contribution >= 0.6 is 0 Å². The van der Waals surface area contributed by atoms with Gasteiger partial charge in [0.1, 0.15) is 0 Å². The van der Waals surface area contributed by atoms with Gasteiger partial charge in [-0.15, -0.1) is 0 Å². The first-order valence-electron chi connectivity index (χ1n) is 10.7. The van der Waals surface area contributed by atoms with Gasteiger partial charge in [0.25, 0.3) is 5.91 Å². The molecule has 1 heterocycles. The number of anilines is 1. The Hall–Kier alpha value is -3.61. The van der Waals surface area contributed by atoms with Crippen molar-refractivity contribution in [3.63, 3.8) is 0 Å². The van der Waals surface area contributed by atoms with Gasteiger partial charge in [0.2, 0.25) is 5.91 Å². The van der Waals surface area contributed by atoms with Crippen molar-refractivity contribution in [2.24, 2.45) is 0 Å². The van der Waals surface area contributed by atoms with Crippen LogP contribution in [0.4, 0.5) is 5.69 Å². The second-order valence-electron chi connectivity index (χ2n) is 7.94. The molecule has 32 heavy (non-hydrogen) atoms. The lowest BCUT2D eigenvalue weighted by Gasteiger charge is -2.18. The zero-order valence-electron chi connectivity index (χ0n) is 18.7. The van der Waals surface area contributed by atoms with Crippen molar-refractivity contribution in [1.29, 1.82) is 0 Å². The van der Waals surface area contributed by atoms with Gasteiger partial charge in [-0.3, -0.25) is 14.4 Å². The highest BCUT2D eigenvalue weighted by Crippen LogP contribution is 2.20. The maximum absolute atomic E-state index is 12.3. The number of aromatic amines is 1. The molecule has 0 atom stereocenters. The molecule has 0 unspecified atom stereocenters. The second-order valence-corrected chi connectivity index (χ2v) is 7.94. The summed E-state index contributed by atoms with van der Waals surface area (Å²) in [6, 6.07) is 13.8. The number of esters is 1. The number of fused-ring (bicyclic) bond motifs is 1. The highest BCUT2D eigenvalue weighted by molar-refractivity contribution is 5.96. The summed E-state index contributed by atoms with van der Waals surface area (Å²) in [5.41, 5.74) is 4.88. The van der Waals surface area contributed by atoms with Crippen LogP contribution in [-0.4, -0.2) is 47.9 Å². The van der Waals surface area contributed by atoms with E-state index in [1.165, 1.54) is 11.9 Å². The Morgan fingerprint density at radius 3 is 2.50 bits per heavy atom. The first-order chi connectivity index (χ1) is 15.3. The van der Waals surface area contributed by atoms with Crippen molar-refractivity contribution < 1.29 is 19.1 Å². The number of rotatable bonds is 9. The number of likely N-dealkylation sites (N-methyl/N-ethyl adjacent to an activating group) is 1. The number of ether oxygens (including phenoxy) is 1. The lowest BCUT2D eigenvalue weighted by Crippen LogP contribution is -2.37. The van der Waals surface area contributed by atoms with Crippen LogP contribution in [0.5, 0.6) is 0 Å². The smallest absolute Gasteiger partial charge is 0.306 e. The van der Waals surface area contributed by atoms with E-state index in [9.17, 15) is 14.4 Å². The number of carbonyl (C=O) groups excluding carboxylic acids is 3. The Balaban J connectivity index is 1.38. The van der Waals surface area contributed by atoms with Crippen LogP contribution in [0.25, 0.3) is 10.9 Å². The number of nitrogens with zero attached hydrogens (tertiary/aromatic N) is 1. The minimum Gasteiger partial charge on any atom is -0.456 e. The number of nitrogens with one attached hydrogen (secondary N) is 2. The molecule has 0 aliphatic heterocycles. The Bertz CT molecular complexity index is 1100. The topological polar surface area (TPSA) is 91.5 Å². The van der Waals surface area contributed by atoms with Crippen LogP contribution in [0.3, 0.4) is 0 Å². The number of amides is 2. The Labute approximate surface area is 187 Å². The highest BCUT2D eigenvalue weighted by atomic mass is 16.5. The molecule has 168 valence electrons. The standard InChI is InChI=1S/C25H29N3O4/c1-17-8-6-9-18(2)25(17)27-22(29)15-28(3)23(30)16-32-24(31)13-7-10-19-14-26-21-12-5-4-11-20(19)21/h4-6,8-9,11-12,14,26H,7,10,13,15-16H2,1-3H3,(H,27,29). The molecule has 3 rings (SSSR count). The van der Waals surface area contributed by atoms with Gasteiger partial charge in [0.05, 0.1) is 6.54 Å². The van der Waals surface area contributed by atoms with Crippen LogP contribution in [0.15, 0.2) is 48.7 Å². The molecule has 2 N–H and O–H groups in total. The molecular formula is C25H29N3O4. The molecule has 0 aliphatic rings. The second kappa shape index (κ2) is 10.6. The number of benzene rings is 2. The number of aryl methyl sites for hydroxylation is 3. The van der Waals surface area contributed by atoms with Gasteiger partial charge in [-0.25, -0.2) is 0 Å². The predicted molar refractivity (Wildman–Crippen MR) is 124 cm³/mol. The van der Waals surface area contributed by atoms with E-state index in [-0.39, 0.29) is 25.5 Å². The molecule has 0 spiro atoms. The van der Waals surface area contributed by atoms with E-state index in [4.69, 9.17) is 4.74 Å². The Morgan fingerprint density at radius 1 is 1.03 bits per heavy atom. The van der Waals surface area contributed by atoms with Crippen molar-refractivity contribution in [1.82, 2.24) is 9.88 Å². The predicted octanol–water partition coefficient (Wildman–Crippen LogP) is 3.75. The van der Waals surface area contributed by atoms with Crippen LogP contribution in [0.1, 0.15) is 29.5 Å². The Morgan fingerprint density at radius 2 is 1.75 bits per heavy atom. The fraction of sp³-hybridized carbons (Fsp3) is 0.320. The summed E-state index contributed by atoms with van der Waals surface area (Å²) in [5.74, 6) is -1.15. The molecule has 0 bridgehead atoms. The average molecular weight is 436 g/mol. The number of aromatic nitrogens is 1. The van der Waals surface area contributed by atoms with E-state index in [1.54, 1.807) is 0 Å². The third-order valence-corrected chi connectivity index (χ3v) is 5.41. The number of hydrogen-bond acceptors (Lipinski definition) is 4. The van der Waals surface area contributed by atoms with Crippen molar-refractivity contribution in [3.05, 3.63) is 65.4 Å². The molecule has 0 fully saturated rings. The van der Waals surface area contributed by atoms with E-state index >= 15 is 0 Å². The third kappa shape index (κ3) is 5.97. The van der Waals surface area contributed by atoms with E-state index < -0.39 is 11.9 Å². The van der Waals surface area contributed by atoms with Gasteiger partial charge < -0.3 is 19.9 Å². The van der Waals surface area contributed by atoms with Gasteiger partial charge in [-0.2, -0.15) is 0 Å². The Kier molecular flexibility index (Phi) is 7.65. The molecule has 0 saturated carbocycles. The summed E-state index contributed by atoms with van der Waals surface area (Å²) in [5, 5.41) is 3.99. The molecule has 0 aliphatic carbocycles. The SMILES string of the molecule is Cc1cccc(C)c1NC(=O)CN(C)C(=O)COC(=O)CCCc1c[nH]c2ccccc12. The van der Waals surface area contributed by atoms with Gasteiger partial charge in [0.15, 0.2) is 6.61 Å². The summed E-state index contributed by atoms with van der Waals surface area (Å²) >= 11 is 0. The van der Waals surface area contributed by atoms with Crippen molar-refractivity contribution in [2.45, 2.75) is 33.1 Å². The lowest BCUT2D eigenvalue weighted by atomic mass is 10.1. The number of hydrogen-bond donors (Lipinski definition) is 2. The minimum atomic E-state index is -0.424. The zero-order valence-corrected chi connectivity index (χ0v) is 18.7. The summed E-state index contributed by atoms with van der Waals surface area (Å²) in [7, 11) is 1.51. The minimum absolute atomic E-state index is 0.120. The summed E-state index contributed by atoms with van der Waals surface area (Å²) in [6.45, 7) is 3.33. The molecule has 7 heteroatoms.